The zero-order chi connectivity index (χ0) is 14.4. The van der Waals surface area contributed by atoms with Crippen molar-refractivity contribution >= 4 is 5.91 Å². The van der Waals surface area contributed by atoms with Crippen LogP contribution in [-0.4, -0.2) is 37.0 Å². The third-order valence-electron chi connectivity index (χ3n) is 4.00. The first-order chi connectivity index (χ1) is 9.69. The lowest BCUT2D eigenvalue weighted by molar-refractivity contribution is -0.123. The largest absolute Gasteiger partial charge is 0.467 e. The molecule has 0 spiro atoms. The SMILES string of the molecule is CC(NC(=O)CN1CCC(CCN)CC1)c1ccco1. The van der Waals surface area contributed by atoms with Crippen molar-refractivity contribution in [2.24, 2.45) is 11.7 Å². The highest BCUT2D eigenvalue weighted by atomic mass is 16.3. The van der Waals surface area contributed by atoms with Gasteiger partial charge in [0.2, 0.25) is 5.91 Å². The zero-order valence-corrected chi connectivity index (χ0v) is 12.2. The summed E-state index contributed by atoms with van der Waals surface area (Å²) in [4.78, 5) is 14.2. The number of carbonyl (C=O) groups is 1. The van der Waals surface area contributed by atoms with E-state index in [9.17, 15) is 4.79 Å². The minimum atomic E-state index is -0.0766. The molecule has 0 aromatic carbocycles. The fourth-order valence-electron chi connectivity index (χ4n) is 2.77. The topological polar surface area (TPSA) is 71.5 Å². The molecular weight excluding hydrogens is 254 g/mol. The Morgan fingerprint density at radius 3 is 2.90 bits per heavy atom. The fourth-order valence-corrected chi connectivity index (χ4v) is 2.77. The standard InChI is InChI=1S/C15H25N3O2/c1-12(14-3-2-10-20-14)17-15(19)11-18-8-5-13(4-7-16)6-9-18/h2-3,10,12-13H,4-9,11,16H2,1H3,(H,17,19). The van der Waals surface area contributed by atoms with Crippen LogP contribution in [0.4, 0.5) is 0 Å². The Morgan fingerprint density at radius 2 is 2.30 bits per heavy atom. The maximum atomic E-state index is 12.0. The van der Waals surface area contributed by atoms with E-state index in [-0.39, 0.29) is 11.9 Å². The third-order valence-corrected chi connectivity index (χ3v) is 4.00. The van der Waals surface area contributed by atoms with Crippen LogP contribution in [0.25, 0.3) is 0 Å². The van der Waals surface area contributed by atoms with Crippen molar-refractivity contribution in [2.75, 3.05) is 26.2 Å². The lowest BCUT2D eigenvalue weighted by atomic mass is 9.94. The third kappa shape index (κ3) is 4.35. The molecule has 0 aliphatic carbocycles. The highest BCUT2D eigenvalue weighted by Crippen LogP contribution is 2.19. The molecule has 1 aliphatic heterocycles. The van der Waals surface area contributed by atoms with Crippen LogP contribution in [0.15, 0.2) is 22.8 Å². The van der Waals surface area contributed by atoms with Gasteiger partial charge in [0.1, 0.15) is 5.76 Å². The van der Waals surface area contributed by atoms with Gasteiger partial charge in [-0.15, -0.1) is 0 Å². The number of carbonyl (C=O) groups excluding carboxylic acids is 1. The van der Waals surface area contributed by atoms with E-state index in [1.54, 1.807) is 6.26 Å². The summed E-state index contributed by atoms with van der Waals surface area (Å²) >= 11 is 0. The van der Waals surface area contributed by atoms with Gasteiger partial charge in [-0.2, -0.15) is 0 Å². The predicted molar refractivity (Wildman–Crippen MR) is 78.1 cm³/mol. The predicted octanol–water partition coefficient (Wildman–Crippen LogP) is 1.52. The van der Waals surface area contributed by atoms with Crippen molar-refractivity contribution < 1.29 is 9.21 Å². The number of hydrogen-bond acceptors (Lipinski definition) is 4. The van der Waals surface area contributed by atoms with E-state index in [0.29, 0.717) is 6.54 Å². The Bertz CT molecular complexity index is 397. The van der Waals surface area contributed by atoms with E-state index in [4.69, 9.17) is 10.2 Å². The Hall–Kier alpha value is -1.33. The molecule has 1 unspecified atom stereocenters. The molecule has 3 N–H and O–H groups in total. The Balaban J connectivity index is 1.70. The van der Waals surface area contributed by atoms with Gasteiger partial charge in [-0.3, -0.25) is 9.69 Å². The van der Waals surface area contributed by atoms with Crippen LogP contribution in [0.1, 0.15) is 38.0 Å². The summed E-state index contributed by atoms with van der Waals surface area (Å²) in [6.45, 7) is 5.16. The molecule has 1 aliphatic rings. The molecule has 112 valence electrons. The average Bonchev–Trinajstić information content (AvgIpc) is 2.95. The lowest BCUT2D eigenvalue weighted by Crippen LogP contribution is -2.42. The van der Waals surface area contributed by atoms with Crippen LogP contribution < -0.4 is 11.1 Å². The van der Waals surface area contributed by atoms with Crippen LogP contribution in [0.5, 0.6) is 0 Å². The number of nitrogens with one attached hydrogen (secondary N) is 1. The molecule has 1 atom stereocenters. The van der Waals surface area contributed by atoms with E-state index in [2.05, 4.69) is 10.2 Å². The number of piperidine rings is 1. The number of likely N-dealkylation sites (tertiary alicyclic amines) is 1. The van der Waals surface area contributed by atoms with Gasteiger partial charge in [0, 0.05) is 0 Å². The minimum absolute atomic E-state index is 0.0613. The smallest absolute Gasteiger partial charge is 0.234 e. The summed E-state index contributed by atoms with van der Waals surface area (Å²) < 4.78 is 5.29. The van der Waals surface area contributed by atoms with Gasteiger partial charge in [0.25, 0.3) is 0 Å². The summed E-state index contributed by atoms with van der Waals surface area (Å²) in [5, 5.41) is 2.97. The molecule has 5 heteroatoms. The maximum Gasteiger partial charge on any atom is 0.234 e. The summed E-state index contributed by atoms with van der Waals surface area (Å²) in [7, 11) is 0. The second-order valence-corrected chi connectivity index (χ2v) is 5.60. The summed E-state index contributed by atoms with van der Waals surface area (Å²) in [6, 6.07) is 3.64. The first-order valence-electron chi connectivity index (χ1n) is 7.44. The molecular formula is C15H25N3O2. The van der Waals surface area contributed by atoms with Crippen LogP contribution in [0.3, 0.4) is 0 Å². The van der Waals surface area contributed by atoms with E-state index in [1.165, 1.54) is 0 Å². The molecule has 0 radical (unpaired) electrons. The molecule has 1 fully saturated rings. The molecule has 5 nitrogen and oxygen atoms in total. The van der Waals surface area contributed by atoms with Gasteiger partial charge in [-0.1, -0.05) is 0 Å². The molecule has 1 aromatic rings. The number of nitrogens with zero attached hydrogens (tertiary/aromatic N) is 1. The first-order valence-corrected chi connectivity index (χ1v) is 7.44. The average molecular weight is 279 g/mol. The molecule has 2 rings (SSSR count). The highest BCUT2D eigenvalue weighted by Gasteiger charge is 2.21. The molecule has 1 aromatic heterocycles. The highest BCUT2D eigenvalue weighted by molar-refractivity contribution is 5.78. The number of amides is 1. The van der Waals surface area contributed by atoms with Crippen LogP contribution >= 0.6 is 0 Å². The van der Waals surface area contributed by atoms with Gasteiger partial charge < -0.3 is 15.5 Å². The van der Waals surface area contributed by atoms with Gasteiger partial charge >= 0.3 is 0 Å². The fraction of sp³-hybridized carbons (Fsp3) is 0.667. The number of hydrogen-bond donors (Lipinski definition) is 2. The second-order valence-electron chi connectivity index (χ2n) is 5.60. The Morgan fingerprint density at radius 1 is 1.55 bits per heavy atom. The number of rotatable bonds is 6. The molecule has 20 heavy (non-hydrogen) atoms. The summed E-state index contributed by atoms with van der Waals surface area (Å²) in [6.07, 6.45) is 5.03. The van der Waals surface area contributed by atoms with Crippen molar-refractivity contribution in [1.82, 2.24) is 10.2 Å². The zero-order valence-electron chi connectivity index (χ0n) is 12.2. The number of furan rings is 1. The Kier molecular flexibility index (Phi) is 5.61. The summed E-state index contributed by atoms with van der Waals surface area (Å²) in [5.74, 6) is 1.59. The van der Waals surface area contributed by atoms with E-state index < -0.39 is 0 Å². The second kappa shape index (κ2) is 7.45. The van der Waals surface area contributed by atoms with Crippen molar-refractivity contribution in [3.05, 3.63) is 24.2 Å². The van der Waals surface area contributed by atoms with Crippen molar-refractivity contribution in [1.29, 1.82) is 0 Å². The van der Waals surface area contributed by atoms with Gasteiger partial charge in [-0.25, -0.2) is 0 Å². The van der Waals surface area contributed by atoms with E-state index in [1.807, 2.05) is 19.1 Å². The first kappa shape index (κ1) is 15.1. The van der Waals surface area contributed by atoms with Crippen LogP contribution in [0.2, 0.25) is 0 Å². The van der Waals surface area contributed by atoms with Gasteiger partial charge in [0.05, 0.1) is 18.8 Å². The van der Waals surface area contributed by atoms with Gasteiger partial charge in [-0.05, 0) is 63.9 Å². The lowest BCUT2D eigenvalue weighted by Gasteiger charge is -2.31. The molecule has 0 saturated carbocycles. The van der Waals surface area contributed by atoms with Crippen molar-refractivity contribution in [3.8, 4) is 0 Å². The molecule has 0 bridgehead atoms. The quantitative estimate of drug-likeness (QED) is 0.828. The molecule has 1 amide bonds. The Labute approximate surface area is 120 Å². The van der Waals surface area contributed by atoms with Crippen molar-refractivity contribution in [2.45, 2.75) is 32.2 Å². The maximum absolute atomic E-state index is 12.0. The minimum Gasteiger partial charge on any atom is -0.467 e. The van der Waals surface area contributed by atoms with Crippen molar-refractivity contribution in [3.63, 3.8) is 0 Å². The van der Waals surface area contributed by atoms with E-state index in [0.717, 1.165) is 50.6 Å². The number of nitrogens with two attached hydrogens (primary N) is 1. The normalized spacial score (nSPS) is 18.9. The van der Waals surface area contributed by atoms with Gasteiger partial charge in [0.15, 0.2) is 0 Å². The van der Waals surface area contributed by atoms with Crippen LogP contribution in [-0.2, 0) is 4.79 Å². The molecule has 2 heterocycles. The molecule has 1 saturated heterocycles. The van der Waals surface area contributed by atoms with Crippen LogP contribution in [0, 0.1) is 5.92 Å². The summed E-state index contributed by atoms with van der Waals surface area (Å²) in [5.41, 5.74) is 5.59. The monoisotopic (exact) mass is 279 g/mol. The van der Waals surface area contributed by atoms with E-state index >= 15 is 0 Å².